The number of hydrogen-bond acceptors (Lipinski definition) is 4. The molecular formula is C13H12ClN3O2. The summed E-state index contributed by atoms with van der Waals surface area (Å²) in [6.07, 6.45) is 4.25. The van der Waals surface area contributed by atoms with Gasteiger partial charge in [0.05, 0.1) is 0 Å². The Morgan fingerprint density at radius 3 is 2.26 bits per heavy atom. The van der Waals surface area contributed by atoms with Crippen molar-refractivity contribution < 1.29 is 10.0 Å². The number of nitrogens with zero attached hydrogens (tertiary/aromatic N) is 2. The maximum absolute atomic E-state index is 11.1. The van der Waals surface area contributed by atoms with E-state index in [0.717, 1.165) is 17.3 Å². The molecule has 2 rings (SSSR count). The molecule has 0 bridgehead atoms. The van der Waals surface area contributed by atoms with E-state index >= 15 is 0 Å². The number of benzene rings is 1. The highest BCUT2D eigenvalue weighted by Gasteiger charge is 2.00. The topological polar surface area (TPSA) is 74.6 Å². The second-order valence-electron chi connectivity index (χ2n) is 3.55. The first-order chi connectivity index (χ1) is 8.79. The quantitative estimate of drug-likeness (QED) is 0.514. The van der Waals surface area contributed by atoms with E-state index in [0.29, 0.717) is 5.69 Å². The predicted octanol–water partition coefficient (Wildman–Crippen LogP) is 2.57. The van der Waals surface area contributed by atoms with Crippen molar-refractivity contribution in [2.75, 3.05) is 5.32 Å². The van der Waals surface area contributed by atoms with Gasteiger partial charge in [-0.2, -0.15) is 0 Å². The van der Waals surface area contributed by atoms with E-state index in [2.05, 4.69) is 15.5 Å². The molecule has 0 aliphatic carbocycles. The Balaban J connectivity index is 0.00000180. The first-order valence-electron chi connectivity index (χ1n) is 5.28. The molecule has 0 saturated heterocycles. The molecule has 2 aromatic rings. The smallest absolute Gasteiger partial charge is 0.270 e. The maximum atomic E-state index is 11.1. The molecule has 0 unspecified atom stereocenters. The van der Waals surface area contributed by atoms with Gasteiger partial charge in [0.25, 0.3) is 5.91 Å². The van der Waals surface area contributed by atoms with E-state index < -0.39 is 5.91 Å². The van der Waals surface area contributed by atoms with Crippen molar-refractivity contribution in [1.82, 2.24) is 4.98 Å². The van der Waals surface area contributed by atoms with Crippen molar-refractivity contribution in [2.45, 2.75) is 0 Å². The average molecular weight is 278 g/mol. The number of oxime groups is 1. The number of hydrogen-bond donors (Lipinski definition) is 2. The highest BCUT2D eigenvalue weighted by molar-refractivity contribution is 6.31. The number of aromatic nitrogens is 1. The van der Waals surface area contributed by atoms with Gasteiger partial charge in [0.2, 0.25) is 0 Å². The third-order valence-corrected chi connectivity index (χ3v) is 2.34. The lowest BCUT2D eigenvalue weighted by Gasteiger charge is -2.04. The van der Waals surface area contributed by atoms with Crippen LogP contribution in [0.5, 0.6) is 0 Å². The lowest BCUT2D eigenvalue weighted by atomic mass is 10.1. The van der Waals surface area contributed by atoms with Gasteiger partial charge in [-0.1, -0.05) is 17.3 Å². The van der Waals surface area contributed by atoms with E-state index in [1.165, 1.54) is 0 Å². The fraction of sp³-hybridized carbons (Fsp3) is 0. The Bertz CT molecular complexity index is 556. The maximum Gasteiger partial charge on any atom is 0.270 e. The van der Waals surface area contributed by atoms with Gasteiger partial charge in [0.15, 0.2) is 0 Å². The van der Waals surface area contributed by atoms with E-state index in [1.54, 1.807) is 24.5 Å². The summed E-state index contributed by atoms with van der Waals surface area (Å²) in [7, 11) is 0. The number of carbonyl (C=O) groups excluding carboxylic acids is 1. The molecule has 1 heterocycles. The van der Waals surface area contributed by atoms with Gasteiger partial charge in [-0.25, -0.2) is 0 Å². The molecule has 6 heteroatoms. The molecule has 19 heavy (non-hydrogen) atoms. The van der Waals surface area contributed by atoms with Crippen molar-refractivity contribution in [3.8, 4) is 11.1 Å². The van der Waals surface area contributed by atoms with Crippen LogP contribution in [0.2, 0.25) is 0 Å². The van der Waals surface area contributed by atoms with Crippen LogP contribution >= 0.6 is 12.4 Å². The van der Waals surface area contributed by atoms with Crippen LogP contribution in [0.25, 0.3) is 11.1 Å². The minimum Gasteiger partial charge on any atom is -0.411 e. The van der Waals surface area contributed by atoms with Gasteiger partial charge in [0, 0.05) is 18.1 Å². The zero-order valence-corrected chi connectivity index (χ0v) is 10.7. The summed E-state index contributed by atoms with van der Waals surface area (Å²) in [6, 6.07) is 11.2. The third-order valence-electron chi connectivity index (χ3n) is 2.34. The van der Waals surface area contributed by atoms with Crippen molar-refractivity contribution in [2.24, 2.45) is 5.16 Å². The zero-order chi connectivity index (χ0) is 12.8. The summed E-state index contributed by atoms with van der Waals surface area (Å²) in [5, 5.41) is 13.4. The number of carbonyl (C=O) groups is 1. The molecule has 0 spiro atoms. The highest BCUT2D eigenvalue weighted by Crippen LogP contribution is 2.20. The Morgan fingerprint density at radius 1 is 1.11 bits per heavy atom. The van der Waals surface area contributed by atoms with Crippen LogP contribution in [-0.4, -0.2) is 22.3 Å². The minimum atomic E-state index is -0.478. The van der Waals surface area contributed by atoms with Gasteiger partial charge in [-0.3, -0.25) is 9.78 Å². The molecule has 0 radical (unpaired) electrons. The number of amides is 1. The molecule has 2 N–H and O–H groups in total. The number of halogens is 1. The van der Waals surface area contributed by atoms with Crippen LogP contribution in [-0.2, 0) is 4.79 Å². The van der Waals surface area contributed by atoms with Crippen LogP contribution in [0.1, 0.15) is 0 Å². The van der Waals surface area contributed by atoms with E-state index in [1.807, 2.05) is 24.3 Å². The Labute approximate surface area is 116 Å². The molecule has 1 aromatic carbocycles. The Hall–Kier alpha value is -2.40. The largest absolute Gasteiger partial charge is 0.411 e. The molecule has 0 atom stereocenters. The van der Waals surface area contributed by atoms with Gasteiger partial charge in [-0.15, -0.1) is 12.4 Å². The summed E-state index contributed by atoms with van der Waals surface area (Å²) in [6.45, 7) is 0. The highest BCUT2D eigenvalue weighted by atomic mass is 35.5. The summed E-state index contributed by atoms with van der Waals surface area (Å²) in [4.78, 5) is 15.1. The first-order valence-corrected chi connectivity index (χ1v) is 5.28. The number of anilines is 1. The van der Waals surface area contributed by atoms with Gasteiger partial charge < -0.3 is 10.5 Å². The van der Waals surface area contributed by atoms with Crippen molar-refractivity contribution in [1.29, 1.82) is 0 Å². The van der Waals surface area contributed by atoms with Crippen LogP contribution in [0.4, 0.5) is 5.69 Å². The van der Waals surface area contributed by atoms with E-state index in [9.17, 15) is 4.79 Å². The second-order valence-corrected chi connectivity index (χ2v) is 3.55. The SMILES string of the molecule is Cl.O=C(C=NO)Nc1ccc(-c2ccncc2)cc1. The van der Waals surface area contributed by atoms with Gasteiger partial charge >= 0.3 is 0 Å². The van der Waals surface area contributed by atoms with Crippen LogP contribution < -0.4 is 5.32 Å². The number of nitrogens with one attached hydrogen (secondary N) is 1. The molecular weight excluding hydrogens is 266 g/mol. The first kappa shape index (κ1) is 14.7. The Morgan fingerprint density at radius 2 is 1.68 bits per heavy atom. The molecule has 98 valence electrons. The van der Waals surface area contributed by atoms with Crippen molar-refractivity contribution in [3.63, 3.8) is 0 Å². The summed E-state index contributed by atoms with van der Waals surface area (Å²) in [5.41, 5.74) is 2.73. The average Bonchev–Trinajstić information content (AvgIpc) is 2.41. The number of rotatable bonds is 3. The van der Waals surface area contributed by atoms with E-state index in [4.69, 9.17) is 5.21 Å². The molecule has 5 nitrogen and oxygen atoms in total. The molecule has 0 saturated carbocycles. The molecule has 1 aromatic heterocycles. The summed E-state index contributed by atoms with van der Waals surface area (Å²) < 4.78 is 0. The van der Waals surface area contributed by atoms with Gasteiger partial charge in [-0.05, 0) is 35.4 Å². The lowest BCUT2D eigenvalue weighted by Crippen LogP contribution is -2.12. The normalized spacial score (nSPS) is 9.89. The standard InChI is InChI=1S/C13H11N3O2.ClH/c17-13(9-15-18)16-12-3-1-10(2-4-12)11-5-7-14-8-6-11;/h1-9,18H,(H,16,17);1H. The summed E-state index contributed by atoms with van der Waals surface area (Å²) in [5.74, 6) is -0.478. The third kappa shape index (κ3) is 4.08. The van der Waals surface area contributed by atoms with Crippen LogP contribution in [0.15, 0.2) is 53.9 Å². The van der Waals surface area contributed by atoms with Crippen LogP contribution in [0.3, 0.4) is 0 Å². The molecule has 1 amide bonds. The lowest BCUT2D eigenvalue weighted by molar-refractivity contribution is -0.110. The number of pyridine rings is 1. The molecule has 0 fully saturated rings. The van der Waals surface area contributed by atoms with Crippen LogP contribution in [0, 0.1) is 0 Å². The van der Waals surface area contributed by atoms with Crippen molar-refractivity contribution >= 4 is 30.2 Å². The van der Waals surface area contributed by atoms with Gasteiger partial charge in [0.1, 0.15) is 6.21 Å². The summed E-state index contributed by atoms with van der Waals surface area (Å²) >= 11 is 0. The Kier molecular flexibility index (Phi) is 5.50. The second kappa shape index (κ2) is 7.13. The fourth-order valence-electron chi connectivity index (χ4n) is 1.52. The van der Waals surface area contributed by atoms with Crippen molar-refractivity contribution in [3.05, 3.63) is 48.8 Å². The zero-order valence-electron chi connectivity index (χ0n) is 9.85. The monoisotopic (exact) mass is 277 g/mol. The fourth-order valence-corrected chi connectivity index (χ4v) is 1.52. The predicted molar refractivity (Wildman–Crippen MR) is 75.8 cm³/mol. The van der Waals surface area contributed by atoms with E-state index in [-0.39, 0.29) is 12.4 Å². The molecule has 0 aliphatic rings. The molecule has 0 aliphatic heterocycles. The minimum absolute atomic E-state index is 0.